The number of anilines is 1. The minimum Gasteiger partial charge on any atom is -0.507 e. The molecule has 0 radical (unpaired) electrons. The minimum atomic E-state index is -0.577. The van der Waals surface area contributed by atoms with Crippen LogP contribution in [0.1, 0.15) is 76.0 Å². The highest BCUT2D eigenvalue weighted by Crippen LogP contribution is 2.46. The van der Waals surface area contributed by atoms with Crippen molar-refractivity contribution in [3.8, 4) is 5.75 Å². The first-order chi connectivity index (χ1) is 20.9. The number of hydrogen-bond donors (Lipinski definition) is 2. The summed E-state index contributed by atoms with van der Waals surface area (Å²) in [5, 5.41) is 14.7. The van der Waals surface area contributed by atoms with Gasteiger partial charge in [0.1, 0.15) is 5.75 Å². The van der Waals surface area contributed by atoms with E-state index in [-0.39, 0.29) is 17.2 Å². The molecule has 0 aliphatic heterocycles. The molecule has 2 N–H and O–H groups in total. The second-order valence-electron chi connectivity index (χ2n) is 11.0. The number of nitrogens with one attached hydrogen (secondary N) is 1. The zero-order chi connectivity index (χ0) is 30.4. The van der Waals surface area contributed by atoms with Gasteiger partial charge in [0.15, 0.2) is 0 Å². The van der Waals surface area contributed by atoms with E-state index < -0.39 is 5.41 Å². The van der Waals surface area contributed by atoms with Gasteiger partial charge in [0.2, 0.25) is 0 Å². The molecule has 0 saturated heterocycles. The van der Waals surface area contributed by atoms with Crippen molar-refractivity contribution in [2.24, 2.45) is 0 Å². The average Bonchev–Trinajstić information content (AvgIpc) is 3.04. The summed E-state index contributed by atoms with van der Waals surface area (Å²) in [6.07, 6.45) is 3.26. The highest BCUT2D eigenvalue weighted by atomic mass is 35.5. The molecule has 43 heavy (non-hydrogen) atoms. The van der Waals surface area contributed by atoms with Crippen LogP contribution < -0.4 is 5.32 Å². The summed E-state index contributed by atoms with van der Waals surface area (Å²) < 4.78 is 0. The van der Waals surface area contributed by atoms with E-state index in [1.807, 2.05) is 24.3 Å². The Kier molecular flexibility index (Phi) is 9.33. The molecule has 5 aromatic rings. The van der Waals surface area contributed by atoms with Gasteiger partial charge in [-0.1, -0.05) is 135 Å². The summed E-state index contributed by atoms with van der Waals surface area (Å²) in [5.74, 6) is -0.350. The molecular formula is C39H38ClNO2. The van der Waals surface area contributed by atoms with E-state index in [1.165, 1.54) is 0 Å². The van der Waals surface area contributed by atoms with Crippen LogP contribution in [0, 0.1) is 6.92 Å². The number of unbranched alkanes of at least 4 members (excludes halogenated alkanes) is 1. The highest BCUT2D eigenvalue weighted by Gasteiger charge is 2.38. The van der Waals surface area contributed by atoms with Crippen molar-refractivity contribution in [2.45, 2.75) is 51.9 Å². The fourth-order valence-corrected chi connectivity index (χ4v) is 6.34. The van der Waals surface area contributed by atoms with Crippen LogP contribution in [0.15, 0.2) is 115 Å². The van der Waals surface area contributed by atoms with Gasteiger partial charge in [0.25, 0.3) is 5.91 Å². The number of phenols is 1. The molecule has 0 heterocycles. The molecule has 0 fully saturated rings. The predicted molar refractivity (Wildman–Crippen MR) is 179 cm³/mol. The van der Waals surface area contributed by atoms with E-state index in [9.17, 15) is 9.90 Å². The Hall–Kier alpha value is -4.34. The maximum absolute atomic E-state index is 13.7. The van der Waals surface area contributed by atoms with E-state index in [0.717, 1.165) is 40.7 Å². The lowest BCUT2D eigenvalue weighted by Crippen LogP contribution is -2.31. The van der Waals surface area contributed by atoms with Crippen molar-refractivity contribution >= 4 is 23.2 Å². The molecule has 0 saturated carbocycles. The predicted octanol–water partition coefficient (Wildman–Crippen LogP) is 9.89. The van der Waals surface area contributed by atoms with Crippen LogP contribution in [0.2, 0.25) is 5.02 Å². The molecule has 5 rings (SSSR count). The highest BCUT2D eigenvalue weighted by molar-refractivity contribution is 6.32. The number of rotatable bonds is 10. The molecule has 0 unspecified atom stereocenters. The van der Waals surface area contributed by atoms with E-state index >= 15 is 0 Å². The second-order valence-corrected chi connectivity index (χ2v) is 11.4. The number of amides is 1. The third-order valence-corrected chi connectivity index (χ3v) is 8.78. The molecular weight excluding hydrogens is 550 g/mol. The van der Waals surface area contributed by atoms with Crippen LogP contribution in [0.4, 0.5) is 5.69 Å². The monoisotopic (exact) mass is 587 g/mol. The summed E-state index contributed by atoms with van der Waals surface area (Å²) in [7, 11) is 0. The number of benzene rings is 5. The number of carbonyl (C=O) groups is 1. The molecule has 0 bridgehead atoms. The molecule has 0 atom stereocenters. The first kappa shape index (κ1) is 30.1. The molecule has 1 amide bonds. The molecule has 0 aromatic heterocycles. The van der Waals surface area contributed by atoms with E-state index in [0.29, 0.717) is 34.7 Å². The van der Waals surface area contributed by atoms with Crippen molar-refractivity contribution in [3.63, 3.8) is 0 Å². The van der Waals surface area contributed by atoms with E-state index in [4.69, 9.17) is 11.6 Å². The Bertz CT molecular complexity index is 1600. The van der Waals surface area contributed by atoms with Gasteiger partial charge in [0, 0.05) is 10.7 Å². The number of aryl methyl sites for hydroxylation is 2. The van der Waals surface area contributed by atoms with Crippen molar-refractivity contribution in [1.29, 1.82) is 0 Å². The quantitative estimate of drug-likeness (QED) is 0.160. The average molecular weight is 588 g/mol. The van der Waals surface area contributed by atoms with Crippen LogP contribution in [0.5, 0.6) is 5.75 Å². The van der Waals surface area contributed by atoms with Crippen LogP contribution >= 0.6 is 11.6 Å². The van der Waals surface area contributed by atoms with Gasteiger partial charge in [-0.15, -0.1) is 0 Å². The maximum Gasteiger partial charge on any atom is 0.259 e. The normalized spacial score (nSPS) is 11.3. The van der Waals surface area contributed by atoms with E-state index in [1.54, 1.807) is 13.0 Å². The van der Waals surface area contributed by atoms with Gasteiger partial charge < -0.3 is 10.4 Å². The van der Waals surface area contributed by atoms with Crippen molar-refractivity contribution in [3.05, 3.63) is 165 Å². The van der Waals surface area contributed by atoms with Gasteiger partial charge in [0.05, 0.1) is 11.0 Å². The van der Waals surface area contributed by atoms with Gasteiger partial charge >= 0.3 is 0 Å². The standard InChI is InChI=1S/C39H38ClNO2/c1-4-6-16-29-26-34(40)27(3)36(37(29)42)38(43)41-35-24-23-33(25-28(35)5-2)39(30-17-10-7-11-18-30,31-19-12-8-13-20-31)32-21-14-9-15-22-32/h7-15,17-26,42H,4-6,16H2,1-3H3,(H,41,43). The summed E-state index contributed by atoms with van der Waals surface area (Å²) in [4.78, 5) is 13.7. The fraction of sp³-hybridized carbons (Fsp3) is 0.205. The summed E-state index contributed by atoms with van der Waals surface area (Å²) in [5.41, 5.74) is 7.23. The van der Waals surface area contributed by atoms with Gasteiger partial charge in [-0.2, -0.15) is 0 Å². The smallest absolute Gasteiger partial charge is 0.259 e. The molecule has 5 aromatic carbocycles. The van der Waals surface area contributed by atoms with Gasteiger partial charge in [-0.3, -0.25) is 4.79 Å². The lowest BCUT2D eigenvalue weighted by molar-refractivity contribution is 0.102. The number of aromatic hydroxyl groups is 1. The summed E-state index contributed by atoms with van der Waals surface area (Å²) in [6.45, 7) is 5.96. The topological polar surface area (TPSA) is 49.3 Å². The molecule has 0 aliphatic carbocycles. The third kappa shape index (κ3) is 5.83. The zero-order valence-corrected chi connectivity index (χ0v) is 25.8. The first-order valence-corrected chi connectivity index (χ1v) is 15.4. The molecule has 0 spiro atoms. The molecule has 4 heteroatoms. The molecule has 0 aliphatic rings. The number of phenolic OH excluding ortho intramolecular Hbond substituents is 1. The summed E-state index contributed by atoms with van der Waals surface area (Å²) >= 11 is 6.53. The third-order valence-electron chi connectivity index (χ3n) is 8.39. The lowest BCUT2D eigenvalue weighted by Gasteiger charge is -2.37. The maximum atomic E-state index is 13.7. The number of halogens is 1. The first-order valence-electron chi connectivity index (χ1n) is 15.0. The van der Waals surface area contributed by atoms with Crippen molar-refractivity contribution in [1.82, 2.24) is 0 Å². The zero-order valence-electron chi connectivity index (χ0n) is 25.0. The van der Waals surface area contributed by atoms with Crippen molar-refractivity contribution in [2.75, 3.05) is 5.32 Å². The number of carbonyl (C=O) groups excluding carboxylic acids is 1. The van der Waals surface area contributed by atoms with Crippen LogP contribution in [0.3, 0.4) is 0 Å². The second kappa shape index (κ2) is 13.3. The van der Waals surface area contributed by atoms with Crippen molar-refractivity contribution < 1.29 is 9.90 Å². The largest absolute Gasteiger partial charge is 0.507 e. The SMILES string of the molecule is CCCCc1cc(Cl)c(C)c(C(=O)Nc2ccc(C(c3ccccc3)(c3ccccc3)c3ccccc3)cc2CC)c1O. The Labute approximate surface area is 260 Å². The van der Waals surface area contributed by atoms with E-state index in [2.05, 4.69) is 104 Å². The van der Waals surface area contributed by atoms with Gasteiger partial charge in [-0.25, -0.2) is 0 Å². The Balaban J connectivity index is 1.64. The summed E-state index contributed by atoms with van der Waals surface area (Å²) in [6, 6.07) is 39.8. The fourth-order valence-electron chi connectivity index (χ4n) is 6.11. The lowest BCUT2D eigenvalue weighted by atomic mass is 9.65. The Morgan fingerprint density at radius 3 is 1.77 bits per heavy atom. The van der Waals surface area contributed by atoms with Crippen LogP contribution in [-0.4, -0.2) is 11.0 Å². The Morgan fingerprint density at radius 1 is 0.744 bits per heavy atom. The molecule has 3 nitrogen and oxygen atoms in total. The minimum absolute atomic E-state index is 0.0127. The van der Waals surface area contributed by atoms with Crippen LogP contribution in [-0.2, 0) is 18.3 Å². The number of hydrogen-bond acceptors (Lipinski definition) is 2. The van der Waals surface area contributed by atoms with Crippen LogP contribution in [0.25, 0.3) is 0 Å². The molecule has 218 valence electrons. The Morgan fingerprint density at radius 2 is 1.28 bits per heavy atom. The van der Waals surface area contributed by atoms with Gasteiger partial charge in [-0.05, 0) is 77.3 Å².